The minimum atomic E-state index is -4.81. The van der Waals surface area contributed by atoms with Crippen LogP contribution in [0.15, 0.2) is 109 Å². The molecule has 0 saturated heterocycles. The zero-order chi connectivity index (χ0) is 75.4. The van der Waals surface area contributed by atoms with E-state index in [0.717, 1.165) is 0 Å². The predicted octanol–water partition coefficient (Wildman–Crippen LogP) is 21.5. The smallest absolute Gasteiger partial charge is 0.270 e. The second kappa shape index (κ2) is 39.4. The van der Waals surface area contributed by atoms with Gasteiger partial charge in [-0.3, -0.25) is 40.5 Å². The third-order valence-electron chi connectivity index (χ3n) is 12.0. The summed E-state index contributed by atoms with van der Waals surface area (Å²) < 4.78 is 174. The molecule has 8 aromatic carbocycles. The van der Waals surface area contributed by atoms with E-state index < -0.39 is 112 Å². The molecule has 104 heavy (non-hydrogen) atoms. The highest BCUT2D eigenvalue weighted by atomic mass is 32.9. The third-order valence-corrected chi connectivity index (χ3v) is 18.9. The van der Waals surface area contributed by atoms with Gasteiger partial charge in [-0.1, -0.05) is 41.8 Å². The summed E-state index contributed by atoms with van der Waals surface area (Å²) in [7, 11) is 0. The summed E-state index contributed by atoms with van der Waals surface area (Å²) >= 11 is 40.1. The van der Waals surface area contributed by atoms with E-state index in [1.165, 1.54) is 60.7 Å². The fourth-order valence-electron chi connectivity index (χ4n) is 7.58. The Morgan fingerprint density at radius 3 is 0.875 bits per heavy atom. The second-order valence-corrected chi connectivity index (χ2v) is 38.7. The molecule has 0 N–H and O–H groups in total. The molecule has 1 atom stereocenters. The van der Waals surface area contributed by atoms with Crippen molar-refractivity contribution in [2.45, 2.75) is 71.2 Å². The van der Waals surface area contributed by atoms with Gasteiger partial charge in [-0.25, -0.2) is 31.2 Å². The minimum absolute atomic E-state index is 0. The Bertz CT molecular complexity index is 4500. The van der Waals surface area contributed by atoms with Crippen molar-refractivity contribution in [2.24, 2.45) is 0 Å². The highest BCUT2D eigenvalue weighted by Gasteiger charge is 2.32. The normalized spacial score (nSPS) is 11.1. The molecule has 8 aromatic rings. The Hall–Kier alpha value is -7.96. The van der Waals surface area contributed by atoms with E-state index in [1.807, 2.05) is 6.07 Å². The van der Waals surface area contributed by atoms with Crippen LogP contribution in [0.5, 0.6) is 46.0 Å². The lowest BCUT2D eigenvalue weighted by molar-refractivity contribution is -0.385. The van der Waals surface area contributed by atoms with Crippen LogP contribution in [-0.4, -0.2) is 19.7 Å². The van der Waals surface area contributed by atoms with Gasteiger partial charge in [0.05, 0.1) is 37.9 Å². The average Bonchev–Trinajstić information content (AvgIpc) is 0.778. The SMILES string of the molecule is C.C.C.C.Cc1cc([N+](=O)[O-])cc(C)c1OP(=S)([S-])Oc1c(C)cc([N+](=O)[O-])cc1C.Cc1cc([N+](=O)[O-])ccc1OP(=S)([S-])Oc1ccc([N+](=O)[O-])cc1C.Fc1c(F)c(F)c(OP(=S)([S-])Oc2c(F)c(F)c(F)c(F)c2F)c(F)c1F.[C-]#[N+]c1ccc(OP(=S)([S-])Oc2ccc(C#N)cc2)cc1. The van der Waals surface area contributed by atoms with E-state index in [0.29, 0.717) is 79.1 Å². The van der Waals surface area contributed by atoms with E-state index in [4.69, 9.17) is 111 Å². The Morgan fingerprint density at radius 1 is 0.375 bits per heavy atom. The number of benzene rings is 8. The molecule has 0 aliphatic rings. The van der Waals surface area contributed by atoms with E-state index in [-0.39, 0.29) is 52.5 Å². The van der Waals surface area contributed by atoms with Crippen LogP contribution in [0.1, 0.15) is 68.7 Å². The van der Waals surface area contributed by atoms with Crippen LogP contribution in [0.25, 0.3) is 4.85 Å². The molecule has 0 aromatic heterocycles. The van der Waals surface area contributed by atoms with Crippen molar-refractivity contribution in [3.63, 3.8) is 0 Å². The van der Waals surface area contributed by atoms with Crippen molar-refractivity contribution >= 4 is 147 Å². The number of halogens is 10. The lowest BCUT2D eigenvalue weighted by Crippen LogP contribution is -2.10. The summed E-state index contributed by atoms with van der Waals surface area (Å²) in [6.07, 6.45) is 0. The van der Waals surface area contributed by atoms with Crippen LogP contribution in [-0.2, 0) is 96.2 Å². The first-order valence-electron chi connectivity index (χ1n) is 26.1. The van der Waals surface area contributed by atoms with Crippen molar-refractivity contribution in [3.05, 3.63) is 258 Å². The summed E-state index contributed by atoms with van der Waals surface area (Å²) in [5, 5.41) is 52.2. The van der Waals surface area contributed by atoms with Crippen LogP contribution in [0.3, 0.4) is 0 Å². The van der Waals surface area contributed by atoms with Gasteiger partial charge in [-0.2, -0.15) is 22.8 Å². The van der Waals surface area contributed by atoms with Crippen LogP contribution in [0.2, 0.25) is 0 Å². The molecule has 22 nitrogen and oxygen atoms in total. The number of rotatable bonds is 20. The predicted molar refractivity (Wildman–Crippen MR) is 396 cm³/mol. The zero-order valence-corrected chi connectivity index (χ0v) is 60.6. The summed E-state index contributed by atoms with van der Waals surface area (Å²) in [4.78, 5) is 44.7. The Balaban J connectivity index is 0.000000687. The van der Waals surface area contributed by atoms with Gasteiger partial charge < -0.3 is 85.2 Å². The number of hydrogen-bond acceptors (Lipinski definition) is 25. The van der Waals surface area contributed by atoms with Gasteiger partial charge in [-0.15, -0.1) is 0 Å². The summed E-state index contributed by atoms with van der Waals surface area (Å²) in [5.41, 5.74) is -10.3. The Morgan fingerprint density at radius 2 is 0.615 bits per heavy atom. The minimum Gasteiger partial charge on any atom is -0.665 e. The Labute approximate surface area is 629 Å². The molecule has 0 aliphatic heterocycles. The molecule has 0 heterocycles. The molecule has 1 unspecified atom stereocenters. The van der Waals surface area contributed by atoms with Crippen LogP contribution in [0.4, 0.5) is 72.3 Å². The van der Waals surface area contributed by atoms with E-state index >= 15 is 0 Å². The summed E-state index contributed by atoms with van der Waals surface area (Å²) in [6, 6.07) is 28.5. The quantitative estimate of drug-likeness (QED) is 0.0100. The molecule has 0 saturated carbocycles. The van der Waals surface area contributed by atoms with Gasteiger partial charge in [0.2, 0.25) is 69.7 Å². The lowest BCUT2D eigenvalue weighted by Gasteiger charge is -2.31. The second-order valence-electron chi connectivity index (χ2n) is 19.3. The first-order chi connectivity index (χ1) is 46.3. The topological polar surface area (TPSA) is 275 Å². The highest BCUT2D eigenvalue weighted by molar-refractivity contribution is 8.52. The van der Waals surface area contributed by atoms with Crippen molar-refractivity contribution in [2.75, 3.05) is 0 Å². The molecule has 0 amide bonds. The molecule has 0 aliphatic carbocycles. The maximum Gasteiger partial charge on any atom is 0.270 e. The van der Waals surface area contributed by atoms with Crippen LogP contribution >= 0.6 is 22.8 Å². The maximum absolute atomic E-state index is 13.5. The first kappa shape index (κ1) is 94.1. The number of hydrogen-bond donors (Lipinski definition) is 0. The molecular formula is C60H52F10N6O16P4S8-4. The van der Waals surface area contributed by atoms with Gasteiger partial charge in [0.1, 0.15) is 34.5 Å². The van der Waals surface area contributed by atoms with E-state index in [9.17, 15) is 84.4 Å². The van der Waals surface area contributed by atoms with Crippen molar-refractivity contribution in [1.29, 1.82) is 5.26 Å². The Kier molecular flexibility index (Phi) is 35.6. The van der Waals surface area contributed by atoms with Gasteiger partial charge in [0, 0.05) is 48.5 Å². The maximum atomic E-state index is 13.5. The van der Waals surface area contributed by atoms with Crippen molar-refractivity contribution in [1.82, 2.24) is 0 Å². The molecule has 0 radical (unpaired) electrons. The molecule has 0 spiro atoms. The lowest BCUT2D eigenvalue weighted by atomic mass is 10.1. The number of nitro groups is 4. The average molecular weight is 1680 g/mol. The van der Waals surface area contributed by atoms with Crippen LogP contribution in [0, 0.1) is 158 Å². The molecule has 8 rings (SSSR count). The number of nitro benzene ring substituents is 4. The summed E-state index contributed by atoms with van der Waals surface area (Å²) in [6.45, 7) is 16.8. The monoisotopic (exact) mass is 1680 g/mol. The highest BCUT2D eigenvalue weighted by Crippen LogP contribution is 2.53. The zero-order valence-electron chi connectivity index (χ0n) is 50.4. The van der Waals surface area contributed by atoms with Gasteiger partial charge in [0.15, 0.2) is 28.5 Å². The van der Waals surface area contributed by atoms with E-state index in [2.05, 4.69) is 37.9 Å². The van der Waals surface area contributed by atoms with Crippen molar-refractivity contribution in [3.8, 4) is 52.1 Å². The van der Waals surface area contributed by atoms with Crippen molar-refractivity contribution < 1.29 is 99.8 Å². The van der Waals surface area contributed by atoms with Crippen LogP contribution < -0.4 is 36.2 Å². The standard InChI is InChI=1S/C16H17N2O6PS2.C14H13N2O6PS2.C14H9N2O2PS2.C12HF10O2PS2.4CH4/c1-9-5-13(17(19)20)6-10(2)15(9)23-25(26,27)24-16-11(3)7-14(18(21)22)8-12(16)4;1-9-7-11(15(17)18)3-5-13(9)21-23(24,25)22-14-6-4-12(16(19)20)8-10(14)2;1-16-12-4-8-14(9-5-12)18-19(20,21)17-13-6-2-11(10-15)3-7-13;13-1-3(15)7(19)11(8(20)4(1)16)23-25(26,27)24-12-9(21)5(17)2(14)6(18)10(12)22;;;;/h5-8H,1-4H3,(H,26,27);3-8H,1-2H3,(H,24,25);2-9H,(H,20,21);(H,26,27);4*1H4/p-4. The fraction of sp³-hybridized carbons (Fsp3) is 0.167. The van der Waals surface area contributed by atoms with Gasteiger partial charge in [-0.05, 0) is 171 Å². The number of nitriles is 1. The number of aryl methyl sites for hydroxylation is 6. The first-order valence-corrected chi connectivity index (χ1v) is 40.8. The molecular weight excluding hydrogens is 1630 g/mol. The van der Waals surface area contributed by atoms with Gasteiger partial charge in [0.25, 0.3) is 22.7 Å². The van der Waals surface area contributed by atoms with E-state index in [1.54, 1.807) is 90.1 Å². The number of non-ortho nitro benzene ring substituents is 4. The molecule has 0 fully saturated rings. The molecule has 44 heteroatoms. The largest absolute Gasteiger partial charge is 0.665 e. The summed E-state index contributed by atoms with van der Waals surface area (Å²) in [5.74, 6) is -27.1. The molecule has 560 valence electrons. The third kappa shape index (κ3) is 25.7. The molecule has 0 bridgehead atoms. The number of nitrogens with zero attached hydrogens (tertiary/aromatic N) is 6. The fourth-order valence-corrected chi connectivity index (χ4v) is 15.0. The van der Waals surface area contributed by atoms with Gasteiger partial charge >= 0.3 is 0 Å².